The monoisotopic (exact) mass is 178 g/mol. The first kappa shape index (κ1) is 9.78. The molecule has 0 fully saturated rings. The minimum atomic E-state index is 0.139. The summed E-state index contributed by atoms with van der Waals surface area (Å²) in [6.45, 7) is 5.82. The number of rotatable bonds is 3. The molecule has 0 saturated heterocycles. The lowest BCUT2D eigenvalue weighted by atomic mass is 10.1. The molecule has 1 aromatic carbocycles. The van der Waals surface area contributed by atoms with E-state index in [4.69, 9.17) is 4.74 Å². The third-order valence-electron chi connectivity index (χ3n) is 1.82. The van der Waals surface area contributed by atoms with Gasteiger partial charge in [0.05, 0.1) is 6.10 Å². The highest BCUT2D eigenvalue weighted by Gasteiger charge is 2.04. The molecular weight excluding hydrogens is 164 g/mol. The fourth-order valence-electron chi connectivity index (χ4n) is 1.14. The number of carbonyl (C=O) groups is 1. The van der Waals surface area contributed by atoms with Crippen molar-refractivity contribution in [3.05, 3.63) is 29.3 Å². The molecule has 13 heavy (non-hydrogen) atoms. The summed E-state index contributed by atoms with van der Waals surface area (Å²) >= 11 is 0. The van der Waals surface area contributed by atoms with Crippen LogP contribution in [0.15, 0.2) is 18.2 Å². The fourth-order valence-corrected chi connectivity index (χ4v) is 1.14. The molecule has 0 atom stereocenters. The van der Waals surface area contributed by atoms with Crippen molar-refractivity contribution < 1.29 is 9.53 Å². The van der Waals surface area contributed by atoms with E-state index in [1.165, 1.54) is 0 Å². The highest BCUT2D eigenvalue weighted by molar-refractivity contribution is 5.78. The summed E-state index contributed by atoms with van der Waals surface area (Å²) in [7, 11) is 0. The Bertz CT molecular complexity index is 303. The molecule has 1 aromatic rings. The van der Waals surface area contributed by atoms with Crippen molar-refractivity contribution >= 4 is 6.29 Å². The van der Waals surface area contributed by atoms with E-state index in [9.17, 15) is 4.79 Å². The molecule has 0 saturated carbocycles. The van der Waals surface area contributed by atoms with Crippen LogP contribution in [0.5, 0.6) is 5.75 Å². The van der Waals surface area contributed by atoms with Gasteiger partial charge in [-0.1, -0.05) is 12.1 Å². The van der Waals surface area contributed by atoms with E-state index in [0.29, 0.717) is 5.56 Å². The van der Waals surface area contributed by atoms with Gasteiger partial charge in [-0.15, -0.1) is 0 Å². The molecule has 0 amide bonds. The predicted octanol–water partition coefficient (Wildman–Crippen LogP) is 2.59. The molecule has 1 rings (SSSR count). The average molecular weight is 178 g/mol. The number of carbonyl (C=O) groups excluding carboxylic acids is 1. The number of aldehydes is 1. The summed E-state index contributed by atoms with van der Waals surface area (Å²) in [4.78, 5) is 10.6. The molecule has 0 aliphatic heterocycles. The number of hydrogen-bond acceptors (Lipinski definition) is 2. The first-order valence-electron chi connectivity index (χ1n) is 4.36. The second-order valence-corrected chi connectivity index (χ2v) is 3.25. The molecule has 0 radical (unpaired) electrons. The molecule has 0 spiro atoms. The van der Waals surface area contributed by atoms with Crippen LogP contribution in [0, 0.1) is 6.92 Å². The Morgan fingerprint density at radius 2 is 2.08 bits per heavy atom. The zero-order valence-corrected chi connectivity index (χ0v) is 8.20. The Kier molecular flexibility index (Phi) is 3.07. The van der Waals surface area contributed by atoms with E-state index in [1.54, 1.807) is 6.07 Å². The van der Waals surface area contributed by atoms with Crippen molar-refractivity contribution in [1.29, 1.82) is 0 Å². The molecule has 0 N–H and O–H groups in total. The average Bonchev–Trinajstić information content (AvgIpc) is 2.08. The van der Waals surface area contributed by atoms with Gasteiger partial charge in [0.1, 0.15) is 12.0 Å². The Labute approximate surface area is 78.5 Å². The number of benzene rings is 1. The van der Waals surface area contributed by atoms with Crippen LogP contribution < -0.4 is 4.74 Å². The van der Waals surface area contributed by atoms with Crippen molar-refractivity contribution in [2.75, 3.05) is 0 Å². The summed E-state index contributed by atoms with van der Waals surface area (Å²) in [5, 5.41) is 0. The van der Waals surface area contributed by atoms with Gasteiger partial charge in [-0.05, 0) is 26.8 Å². The zero-order valence-electron chi connectivity index (χ0n) is 8.20. The Morgan fingerprint density at radius 1 is 1.38 bits per heavy atom. The van der Waals surface area contributed by atoms with E-state index in [0.717, 1.165) is 17.6 Å². The van der Waals surface area contributed by atoms with Gasteiger partial charge in [-0.25, -0.2) is 0 Å². The molecule has 2 nitrogen and oxygen atoms in total. The molecular formula is C11H14O2. The largest absolute Gasteiger partial charge is 0.491 e. The Morgan fingerprint density at radius 3 is 2.62 bits per heavy atom. The topological polar surface area (TPSA) is 26.3 Å². The quantitative estimate of drug-likeness (QED) is 0.665. The molecule has 70 valence electrons. The van der Waals surface area contributed by atoms with Crippen LogP contribution in [-0.2, 0) is 0 Å². The second-order valence-electron chi connectivity index (χ2n) is 3.25. The van der Waals surface area contributed by atoms with Crippen molar-refractivity contribution in [3.8, 4) is 5.75 Å². The SMILES string of the molecule is Cc1c(C=O)cccc1OC(C)C. The van der Waals surface area contributed by atoms with E-state index in [-0.39, 0.29) is 6.10 Å². The lowest BCUT2D eigenvalue weighted by molar-refractivity contribution is 0.112. The summed E-state index contributed by atoms with van der Waals surface area (Å²) in [6, 6.07) is 5.49. The molecule has 0 aromatic heterocycles. The lowest BCUT2D eigenvalue weighted by Gasteiger charge is -2.12. The van der Waals surface area contributed by atoms with Gasteiger partial charge in [-0.3, -0.25) is 4.79 Å². The van der Waals surface area contributed by atoms with Gasteiger partial charge < -0.3 is 4.74 Å². The van der Waals surface area contributed by atoms with Gasteiger partial charge in [0.25, 0.3) is 0 Å². The van der Waals surface area contributed by atoms with Crippen LogP contribution in [0.1, 0.15) is 29.8 Å². The number of hydrogen-bond donors (Lipinski definition) is 0. The zero-order chi connectivity index (χ0) is 9.84. The minimum absolute atomic E-state index is 0.139. The van der Waals surface area contributed by atoms with Gasteiger partial charge >= 0.3 is 0 Å². The Hall–Kier alpha value is -1.31. The fraction of sp³-hybridized carbons (Fsp3) is 0.364. The van der Waals surface area contributed by atoms with Crippen LogP contribution in [0.3, 0.4) is 0 Å². The van der Waals surface area contributed by atoms with Crippen molar-refractivity contribution in [3.63, 3.8) is 0 Å². The smallest absolute Gasteiger partial charge is 0.150 e. The molecule has 0 aliphatic carbocycles. The summed E-state index contributed by atoms with van der Waals surface area (Å²) < 4.78 is 5.53. The first-order chi connectivity index (χ1) is 6.15. The first-order valence-corrected chi connectivity index (χ1v) is 4.36. The molecule has 0 unspecified atom stereocenters. The van der Waals surface area contributed by atoms with Gasteiger partial charge in [0, 0.05) is 11.1 Å². The lowest BCUT2D eigenvalue weighted by Crippen LogP contribution is -2.07. The molecule has 0 aliphatic rings. The van der Waals surface area contributed by atoms with Crippen LogP contribution in [0.4, 0.5) is 0 Å². The third-order valence-corrected chi connectivity index (χ3v) is 1.82. The van der Waals surface area contributed by atoms with Crippen LogP contribution in [0.25, 0.3) is 0 Å². The predicted molar refractivity (Wildman–Crippen MR) is 52.3 cm³/mol. The highest BCUT2D eigenvalue weighted by Crippen LogP contribution is 2.21. The van der Waals surface area contributed by atoms with Crippen LogP contribution in [-0.4, -0.2) is 12.4 Å². The van der Waals surface area contributed by atoms with Gasteiger partial charge in [0.2, 0.25) is 0 Å². The number of ether oxygens (including phenoxy) is 1. The standard InChI is InChI=1S/C11H14O2/c1-8(2)13-11-6-4-5-10(7-12)9(11)3/h4-8H,1-3H3. The van der Waals surface area contributed by atoms with Gasteiger partial charge in [0.15, 0.2) is 0 Å². The van der Waals surface area contributed by atoms with E-state index in [2.05, 4.69) is 0 Å². The van der Waals surface area contributed by atoms with Crippen LogP contribution in [0.2, 0.25) is 0 Å². The minimum Gasteiger partial charge on any atom is -0.491 e. The second kappa shape index (κ2) is 4.08. The Balaban J connectivity index is 3.01. The van der Waals surface area contributed by atoms with Crippen molar-refractivity contribution in [1.82, 2.24) is 0 Å². The van der Waals surface area contributed by atoms with Gasteiger partial charge in [-0.2, -0.15) is 0 Å². The molecule has 0 heterocycles. The van der Waals surface area contributed by atoms with Crippen molar-refractivity contribution in [2.24, 2.45) is 0 Å². The van der Waals surface area contributed by atoms with Crippen molar-refractivity contribution in [2.45, 2.75) is 26.9 Å². The van der Waals surface area contributed by atoms with E-state index >= 15 is 0 Å². The maximum Gasteiger partial charge on any atom is 0.150 e. The molecule has 0 bridgehead atoms. The van der Waals surface area contributed by atoms with Crippen LogP contribution >= 0.6 is 0 Å². The highest BCUT2D eigenvalue weighted by atomic mass is 16.5. The van der Waals surface area contributed by atoms with E-state index in [1.807, 2.05) is 32.9 Å². The molecule has 2 heteroatoms. The maximum atomic E-state index is 10.6. The van der Waals surface area contributed by atoms with E-state index < -0.39 is 0 Å². The third kappa shape index (κ3) is 2.31. The maximum absolute atomic E-state index is 10.6. The summed E-state index contributed by atoms with van der Waals surface area (Å²) in [6.07, 6.45) is 0.989. The normalized spacial score (nSPS) is 10.2. The summed E-state index contributed by atoms with van der Waals surface area (Å²) in [5.74, 6) is 0.791. The summed E-state index contributed by atoms with van der Waals surface area (Å²) in [5.41, 5.74) is 1.60.